The average Bonchev–Trinajstić information content (AvgIpc) is 3.64. The Kier molecular flexibility index (Phi) is 13.1. The normalized spacial score (nSPS) is 17.3. The Labute approximate surface area is 247 Å². The summed E-state index contributed by atoms with van der Waals surface area (Å²) in [4.78, 5) is 31.4. The van der Waals surface area contributed by atoms with E-state index in [4.69, 9.17) is 0 Å². The maximum atomic E-state index is 12.4. The van der Waals surface area contributed by atoms with Crippen LogP contribution >= 0.6 is 0 Å². The Bertz CT molecular complexity index is 1390. The van der Waals surface area contributed by atoms with Gasteiger partial charge in [0.15, 0.2) is 5.65 Å². The molecule has 0 spiro atoms. The van der Waals surface area contributed by atoms with Crippen LogP contribution in [0.3, 0.4) is 0 Å². The molecule has 0 fully saturated rings. The van der Waals surface area contributed by atoms with Crippen molar-refractivity contribution in [2.75, 3.05) is 5.43 Å². The molecular formula is C33H49N7O. The molecule has 2 N–H and O–H groups in total. The van der Waals surface area contributed by atoms with Crippen LogP contribution in [0, 0.1) is 18.3 Å². The number of H-pyrrole nitrogens is 1. The van der Waals surface area contributed by atoms with Crippen LogP contribution in [-0.4, -0.2) is 35.5 Å². The van der Waals surface area contributed by atoms with Gasteiger partial charge in [0.2, 0.25) is 0 Å². The van der Waals surface area contributed by atoms with Crippen molar-refractivity contribution in [1.29, 1.82) is 0 Å². The van der Waals surface area contributed by atoms with Gasteiger partial charge < -0.3 is 4.98 Å². The Balaban J connectivity index is 0.000000979. The van der Waals surface area contributed by atoms with Gasteiger partial charge in [-0.1, -0.05) is 76.1 Å². The van der Waals surface area contributed by atoms with E-state index in [1.807, 2.05) is 39.8 Å². The number of aromatic nitrogens is 6. The van der Waals surface area contributed by atoms with E-state index >= 15 is 0 Å². The van der Waals surface area contributed by atoms with E-state index in [9.17, 15) is 4.79 Å². The number of rotatable bonds is 7. The second kappa shape index (κ2) is 16.3. The molecule has 0 saturated heterocycles. The molecule has 41 heavy (non-hydrogen) atoms. The lowest BCUT2D eigenvalue weighted by Gasteiger charge is -2.37. The van der Waals surface area contributed by atoms with Crippen molar-refractivity contribution < 1.29 is 6.22 Å². The molecule has 0 radical (unpaired) electrons. The van der Waals surface area contributed by atoms with Gasteiger partial charge in [-0.15, -0.1) is 0 Å². The van der Waals surface area contributed by atoms with Gasteiger partial charge in [-0.3, -0.25) is 10.2 Å². The molecular weight excluding hydrogens is 510 g/mol. The first-order valence-electron chi connectivity index (χ1n) is 14.4. The van der Waals surface area contributed by atoms with Crippen LogP contribution in [0.4, 0.5) is 0 Å². The summed E-state index contributed by atoms with van der Waals surface area (Å²) in [5, 5.41) is 0. The predicted molar refractivity (Wildman–Crippen MR) is 172 cm³/mol. The fraction of sp³-hybridized carbons (Fsp3) is 0.424. The summed E-state index contributed by atoms with van der Waals surface area (Å²) >= 11 is 0. The number of carbonyl (C=O) groups is 1. The Morgan fingerprint density at radius 3 is 2.56 bits per heavy atom. The lowest BCUT2D eigenvalue weighted by Crippen LogP contribution is -2.24. The summed E-state index contributed by atoms with van der Waals surface area (Å²) in [6.07, 6.45) is 23.8. The molecule has 0 saturated carbocycles. The minimum atomic E-state index is -0.245. The van der Waals surface area contributed by atoms with Crippen molar-refractivity contribution in [3.63, 3.8) is 0 Å². The maximum absolute atomic E-state index is 12.4. The quantitative estimate of drug-likeness (QED) is 0.225. The molecule has 8 heteroatoms. The number of fused-ring (bicyclic) bond motifs is 1. The Hall–Kier alpha value is -4.07. The van der Waals surface area contributed by atoms with Gasteiger partial charge in [-0.2, -0.15) is 0 Å². The van der Waals surface area contributed by atoms with Crippen molar-refractivity contribution in [2.24, 2.45) is 11.3 Å². The van der Waals surface area contributed by atoms with Crippen molar-refractivity contribution in [3.05, 3.63) is 95.8 Å². The fourth-order valence-electron chi connectivity index (χ4n) is 4.78. The van der Waals surface area contributed by atoms with Gasteiger partial charge in [0, 0.05) is 19.9 Å². The molecule has 3 heterocycles. The molecule has 1 aliphatic carbocycles. The number of nitrogens with zero attached hydrogens (tertiary/aromatic N) is 5. The molecule has 8 nitrogen and oxygen atoms in total. The summed E-state index contributed by atoms with van der Waals surface area (Å²) in [7, 11) is 0. The van der Waals surface area contributed by atoms with Crippen molar-refractivity contribution in [3.8, 4) is 0 Å². The van der Waals surface area contributed by atoms with Gasteiger partial charge in [0.1, 0.15) is 18.2 Å². The Morgan fingerprint density at radius 2 is 1.93 bits per heavy atom. The van der Waals surface area contributed by atoms with E-state index in [0.717, 1.165) is 11.3 Å². The topological polar surface area (TPSA) is 101 Å². The Morgan fingerprint density at radius 1 is 1.17 bits per heavy atom. The third-order valence-corrected chi connectivity index (χ3v) is 7.12. The number of nitrogens with one attached hydrogen (secondary N) is 2. The fourth-order valence-corrected chi connectivity index (χ4v) is 4.78. The highest BCUT2D eigenvalue weighted by atomic mass is 16.2. The molecule has 1 atom stereocenters. The lowest BCUT2D eigenvalue weighted by molar-refractivity contribution is -0.112. The van der Waals surface area contributed by atoms with Crippen molar-refractivity contribution >= 4 is 17.1 Å². The van der Waals surface area contributed by atoms with Gasteiger partial charge in [0.05, 0.1) is 12.0 Å². The number of allylic oxidation sites excluding steroid dienone is 9. The summed E-state index contributed by atoms with van der Waals surface area (Å²) in [6.45, 7) is 19.1. The molecule has 1 amide bonds. The lowest BCUT2D eigenvalue weighted by atomic mass is 9.68. The van der Waals surface area contributed by atoms with E-state index in [-0.39, 0.29) is 12.7 Å². The zero-order valence-corrected chi connectivity index (χ0v) is 26.2. The minimum absolute atomic E-state index is 0. The molecule has 3 aromatic rings. The molecule has 0 bridgehead atoms. The molecule has 1 unspecified atom stereocenters. The van der Waals surface area contributed by atoms with Crippen molar-refractivity contribution in [2.45, 2.75) is 81.6 Å². The monoisotopic (exact) mass is 559 g/mol. The van der Waals surface area contributed by atoms with Gasteiger partial charge in [0.25, 0.3) is 5.91 Å². The first-order chi connectivity index (χ1) is 19.6. The number of aromatic amines is 1. The zero-order chi connectivity index (χ0) is 30.4. The summed E-state index contributed by atoms with van der Waals surface area (Å²) < 4.78 is 1.52. The second-order valence-corrected chi connectivity index (χ2v) is 10.6. The molecule has 3 aromatic heterocycles. The van der Waals surface area contributed by atoms with E-state index in [2.05, 4.69) is 83.2 Å². The molecule has 4 rings (SSSR count). The smallest absolute Gasteiger partial charge is 0.263 e. The number of hydrogen-bond acceptors (Lipinski definition) is 5. The standard InChI is InChI=1S/C28H37N5O.C3H4N2.C2H6.H2/c1-8-23-14-15-28(6,7)24(21(23)4)13-12-19(2)10-9-11-20(3)16-25(34)32-33-18-31-26-22(5)29-17-30-27(26)33;1-2-5-3-4-1;1-2;/h9-13,16-18,23H,8,14-15H2,1-7H3,(H,32,34);1-3H,(H,4,5);1-2H3;1H/b11-9+,13-12+,19-10+,20-16+;;;. The first-order valence-corrected chi connectivity index (χ1v) is 14.4. The molecule has 0 aromatic carbocycles. The predicted octanol–water partition coefficient (Wildman–Crippen LogP) is 8.05. The van der Waals surface area contributed by atoms with Crippen LogP contribution in [0.25, 0.3) is 11.2 Å². The van der Waals surface area contributed by atoms with Crippen LogP contribution in [0.2, 0.25) is 0 Å². The molecule has 1 aliphatic rings. The average molecular weight is 560 g/mol. The second-order valence-electron chi connectivity index (χ2n) is 10.6. The van der Waals surface area contributed by atoms with Crippen LogP contribution in [0.1, 0.15) is 81.8 Å². The van der Waals surface area contributed by atoms with E-state index in [1.54, 1.807) is 24.8 Å². The minimum Gasteiger partial charge on any atom is -0.351 e. The van der Waals surface area contributed by atoms with Gasteiger partial charge in [-0.05, 0) is 69.4 Å². The molecule has 222 valence electrons. The van der Waals surface area contributed by atoms with Crippen LogP contribution in [0.15, 0.2) is 90.1 Å². The van der Waals surface area contributed by atoms with Crippen LogP contribution < -0.4 is 5.43 Å². The third-order valence-electron chi connectivity index (χ3n) is 7.12. The number of aryl methyl sites for hydroxylation is 1. The highest BCUT2D eigenvalue weighted by Crippen LogP contribution is 2.44. The number of imidazole rings is 2. The number of hydrogen-bond donors (Lipinski definition) is 2. The number of carbonyl (C=O) groups excluding carboxylic acids is 1. The maximum Gasteiger partial charge on any atom is 0.263 e. The van der Waals surface area contributed by atoms with Gasteiger partial charge >= 0.3 is 0 Å². The third kappa shape index (κ3) is 9.81. The summed E-state index contributed by atoms with van der Waals surface area (Å²) in [5.74, 6) is 0.457. The van der Waals surface area contributed by atoms with Crippen LogP contribution in [0.5, 0.6) is 0 Å². The van der Waals surface area contributed by atoms with E-state index in [0.29, 0.717) is 17.1 Å². The largest absolute Gasteiger partial charge is 0.351 e. The van der Waals surface area contributed by atoms with Crippen molar-refractivity contribution in [1.82, 2.24) is 29.6 Å². The SMILES string of the molecule is CC.CCC1CCC(C)(C)C(/C=C/C(C)=C/C=C/C(C)=C/C(=O)Nn2cnc3c(C)ncnc32)=C1C.[HH].c1c[nH]cn1. The zero-order valence-electron chi connectivity index (χ0n) is 26.2. The summed E-state index contributed by atoms with van der Waals surface area (Å²) in [6, 6.07) is 0. The van der Waals surface area contributed by atoms with E-state index in [1.165, 1.54) is 53.3 Å². The first kappa shape index (κ1) is 33.1. The highest BCUT2D eigenvalue weighted by Gasteiger charge is 2.30. The highest BCUT2D eigenvalue weighted by molar-refractivity contribution is 5.95. The van der Waals surface area contributed by atoms with E-state index < -0.39 is 0 Å². The van der Waals surface area contributed by atoms with Gasteiger partial charge in [-0.25, -0.2) is 24.6 Å². The summed E-state index contributed by atoms with van der Waals surface area (Å²) in [5.41, 5.74) is 10.0. The van der Waals surface area contributed by atoms with Crippen LogP contribution in [-0.2, 0) is 4.79 Å². The number of amides is 1. The molecule has 0 aliphatic heterocycles.